The van der Waals surface area contributed by atoms with Gasteiger partial charge in [-0.05, 0) is 39.3 Å². The van der Waals surface area contributed by atoms with Crippen molar-refractivity contribution in [2.75, 3.05) is 6.54 Å². The van der Waals surface area contributed by atoms with Gasteiger partial charge in [0.05, 0.1) is 12.2 Å². The molecule has 0 aliphatic heterocycles. The molecule has 1 heterocycles. The molecule has 9 nitrogen and oxygen atoms in total. The molecular formula is C18H28FN5O4. The normalized spacial score (nSPS) is 12.8. The van der Waals surface area contributed by atoms with E-state index in [2.05, 4.69) is 20.8 Å². The van der Waals surface area contributed by atoms with Crippen LogP contribution in [0.3, 0.4) is 0 Å². The predicted molar refractivity (Wildman–Crippen MR) is 102 cm³/mol. The fraction of sp³-hybridized carbons (Fsp3) is 0.556. The molecule has 10 heteroatoms. The van der Waals surface area contributed by atoms with Gasteiger partial charge in [-0.2, -0.15) is 0 Å². The van der Waals surface area contributed by atoms with Gasteiger partial charge in [-0.3, -0.25) is 9.78 Å². The first-order valence-electron chi connectivity index (χ1n) is 8.96. The Hall–Kier alpha value is -2.91. The molecule has 0 spiro atoms. The van der Waals surface area contributed by atoms with Crippen molar-refractivity contribution in [2.45, 2.75) is 58.8 Å². The van der Waals surface area contributed by atoms with E-state index in [1.54, 1.807) is 20.8 Å². The van der Waals surface area contributed by atoms with Gasteiger partial charge in [0.1, 0.15) is 17.5 Å². The van der Waals surface area contributed by atoms with Crippen molar-refractivity contribution in [2.24, 2.45) is 10.9 Å². The second kappa shape index (κ2) is 11.1. The molecule has 1 unspecified atom stereocenters. The standard InChI is InChI=1S/C18H28FN5O4/c1-5-12(8-10-22-17(26)27-18(2,3)4)28-24-15(20)16(25)23-11-14-13(19)7-6-9-21-14/h6-7,9,12H,5,8,10-11H2,1-4H3,(H2,20,24)(H,22,26)(H,23,25). The number of amides is 2. The zero-order valence-electron chi connectivity index (χ0n) is 16.6. The van der Waals surface area contributed by atoms with Crippen LogP contribution in [0, 0.1) is 5.82 Å². The second-order valence-corrected chi connectivity index (χ2v) is 6.94. The summed E-state index contributed by atoms with van der Waals surface area (Å²) in [6.07, 6.45) is 1.59. The Kier molecular flexibility index (Phi) is 9.13. The fourth-order valence-corrected chi connectivity index (χ4v) is 1.96. The van der Waals surface area contributed by atoms with Crippen LogP contribution in [0.4, 0.5) is 9.18 Å². The number of nitrogens with one attached hydrogen (secondary N) is 2. The SMILES string of the molecule is CCC(CCNC(=O)OC(C)(C)C)O/N=C(\N)C(=O)NCc1ncccc1F. The van der Waals surface area contributed by atoms with Gasteiger partial charge in [-0.15, -0.1) is 0 Å². The Morgan fingerprint density at radius 3 is 2.68 bits per heavy atom. The van der Waals surface area contributed by atoms with Crippen LogP contribution in [0.15, 0.2) is 23.5 Å². The summed E-state index contributed by atoms with van der Waals surface area (Å²) < 4.78 is 18.6. The number of halogens is 1. The van der Waals surface area contributed by atoms with Crippen molar-refractivity contribution in [1.29, 1.82) is 0 Å². The van der Waals surface area contributed by atoms with Crippen LogP contribution in [-0.2, 0) is 20.9 Å². The van der Waals surface area contributed by atoms with Crippen molar-refractivity contribution < 1.29 is 23.6 Å². The van der Waals surface area contributed by atoms with Crippen LogP contribution < -0.4 is 16.4 Å². The van der Waals surface area contributed by atoms with Gasteiger partial charge < -0.3 is 25.9 Å². The Morgan fingerprint density at radius 1 is 1.36 bits per heavy atom. The van der Waals surface area contributed by atoms with Crippen LogP contribution in [-0.4, -0.2) is 41.1 Å². The molecule has 0 aliphatic carbocycles. The van der Waals surface area contributed by atoms with Gasteiger partial charge in [0.2, 0.25) is 5.84 Å². The van der Waals surface area contributed by atoms with Gasteiger partial charge in [-0.25, -0.2) is 9.18 Å². The molecular weight excluding hydrogens is 369 g/mol. The van der Waals surface area contributed by atoms with Crippen LogP contribution in [0.25, 0.3) is 0 Å². The molecule has 28 heavy (non-hydrogen) atoms. The Balaban J connectivity index is 2.40. The van der Waals surface area contributed by atoms with Gasteiger partial charge in [0.25, 0.3) is 5.91 Å². The number of pyridine rings is 1. The topological polar surface area (TPSA) is 128 Å². The molecule has 0 fully saturated rings. The number of carbonyl (C=O) groups is 2. The highest BCUT2D eigenvalue weighted by Gasteiger charge is 2.17. The summed E-state index contributed by atoms with van der Waals surface area (Å²) in [6.45, 7) is 7.38. The first-order chi connectivity index (χ1) is 13.1. The average Bonchev–Trinajstić information content (AvgIpc) is 2.61. The predicted octanol–water partition coefficient (Wildman–Crippen LogP) is 1.82. The molecule has 2 amide bonds. The summed E-state index contributed by atoms with van der Waals surface area (Å²) in [7, 11) is 0. The third-order valence-electron chi connectivity index (χ3n) is 3.37. The molecule has 0 bridgehead atoms. The van der Waals surface area contributed by atoms with E-state index in [0.717, 1.165) is 0 Å². The first kappa shape index (κ1) is 23.1. The molecule has 0 saturated heterocycles. The smallest absolute Gasteiger partial charge is 0.407 e. The number of nitrogens with two attached hydrogens (primary N) is 1. The van der Waals surface area contributed by atoms with Crippen molar-refractivity contribution in [3.8, 4) is 0 Å². The minimum atomic E-state index is -0.702. The summed E-state index contributed by atoms with van der Waals surface area (Å²) in [4.78, 5) is 32.6. The van der Waals surface area contributed by atoms with E-state index in [4.69, 9.17) is 15.3 Å². The third-order valence-corrected chi connectivity index (χ3v) is 3.37. The van der Waals surface area contributed by atoms with E-state index in [1.165, 1.54) is 18.3 Å². The van der Waals surface area contributed by atoms with E-state index >= 15 is 0 Å². The largest absolute Gasteiger partial charge is 0.444 e. The Bertz CT molecular complexity index is 691. The van der Waals surface area contributed by atoms with E-state index in [0.29, 0.717) is 19.4 Å². The number of carbonyl (C=O) groups excluding carboxylic acids is 2. The van der Waals surface area contributed by atoms with Crippen LogP contribution >= 0.6 is 0 Å². The lowest BCUT2D eigenvalue weighted by atomic mass is 10.2. The van der Waals surface area contributed by atoms with Crippen molar-refractivity contribution in [3.05, 3.63) is 29.8 Å². The van der Waals surface area contributed by atoms with E-state index in [1.807, 2.05) is 6.92 Å². The lowest BCUT2D eigenvalue weighted by molar-refractivity contribution is -0.115. The number of rotatable bonds is 8. The van der Waals surface area contributed by atoms with Crippen LogP contribution in [0.2, 0.25) is 0 Å². The Labute approximate surface area is 163 Å². The fourth-order valence-electron chi connectivity index (χ4n) is 1.96. The maximum Gasteiger partial charge on any atom is 0.407 e. The van der Waals surface area contributed by atoms with E-state index in [9.17, 15) is 14.0 Å². The highest BCUT2D eigenvalue weighted by molar-refractivity contribution is 6.37. The molecule has 1 aromatic rings. The zero-order valence-corrected chi connectivity index (χ0v) is 16.6. The summed E-state index contributed by atoms with van der Waals surface area (Å²) >= 11 is 0. The third kappa shape index (κ3) is 9.15. The number of oxime groups is 1. The van der Waals surface area contributed by atoms with Crippen LogP contribution in [0.5, 0.6) is 0 Å². The Morgan fingerprint density at radius 2 is 2.07 bits per heavy atom. The highest BCUT2D eigenvalue weighted by Crippen LogP contribution is 2.07. The van der Waals surface area contributed by atoms with E-state index < -0.39 is 29.3 Å². The summed E-state index contributed by atoms with van der Waals surface area (Å²) in [5, 5.41) is 8.64. The number of alkyl carbamates (subject to hydrolysis) is 1. The molecule has 156 valence electrons. The lowest BCUT2D eigenvalue weighted by Crippen LogP contribution is -2.37. The zero-order chi connectivity index (χ0) is 21.2. The highest BCUT2D eigenvalue weighted by atomic mass is 19.1. The van der Waals surface area contributed by atoms with E-state index in [-0.39, 0.29) is 18.3 Å². The van der Waals surface area contributed by atoms with Gasteiger partial charge in [0.15, 0.2) is 0 Å². The van der Waals surface area contributed by atoms with Crippen molar-refractivity contribution in [1.82, 2.24) is 15.6 Å². The number of amidine groups is 1. The van der Waals surface area contributed by atoms with Gasteiger partial charge in [0, 0.05) is 19.2 Å². The maximum atomic E-state index is 13.5. The monoisotopic (exact) mass is 397 g/mol. The number of hydrogen-bond donors (Lipinski definition) is 3. The molecule has 1 aromatic heterocycles. The minimum absolute atomic E-state index is 0.0872. The van der Waals surface area contributed by atoms with Crippen LogP contribution in [0.1, 0.15) is 46.2 Å². The molecule has 0 saturated carbocycles. The van der Waals surface area contributed by atoms with Gasteiger partial charge in [-0.1, -0.05) is 12.1 Å². The molecule has 0 radical (unpaired) electrons. The number of nitrogens with zero attached hydrogens (tertiary/aromatic N) is 2. The summed E-state index contributed by atoms with van der Waals surface area (Å²) in [5.41, 5.74) is 5.09. The number of hydrogen-bond acceptors (Lipinski definition) is 6. The minimum Gasteiger partial charge on any atom is -0.444 e. The number of ether oxygens (including phenoxy) is 1. The maximum absolute atomic E-state index is 13.5. The summed E-state index contributed by atoms with van der Waals surface area (Å²) in [6, 6.07) is 2.69. The molecule has 1 rings (SSSR count). The lowest BCUT2D eigenvalue weighted by Gasteiger charge is -2.20. The molecule has 0 aromatic carbocycles. The number of aromatic nitrogens is 1. The molecule has 0 aliphatic rings. The van der Waals surface area contributed by atoms with Crippen molar-refractivity contribution in [3.63, 3.8) is 0 Å². The van der Waals surface area contributed by atoms with Gasteiger partial charge >= 0.3 is 6.09 Å². The second-order valence-electron chi connectivity index (χ2n) is 6.94. The van der Waals surface area contributed by atoms with Crippen molar-refractivity contribution >= 4 is 17.8 Å². The summed E-state index contributed by atoms with van der Waals surface area (Å²) in [5.74, 6) is -1.63. The average molecular weight is 397 g/mol. The molecule has 4 N–H and O–H groups in total. The quantitative estimate of drug-likeness (QED) is 0.349. The molecule has 1 atom stereocenters. The first-order valence-corrected chi connectivity index (χ1v) is 8.96.